The summed E-state index contributed by atoms with van der Waals surface area (Å²) in [6.07, 6.45) is 0. The SMILES string of the molecule is CC(C)c1ccc2ccccc2c1.P. The maximum absolute atomic E-state index is 2.28. The number of hydrogen-bond donors (Lipinski definition) is 0. The van der Waals surface area contributed by atoms with Crippen LogP contribution in [-0.2, 0) is 0 Å². The minimum atomic E-state index is 0. The van der Waals surface area contributed by atoms with Gasteiger partial charge in [-0.25, -0.2) is 0 Å². The Labute approximate surface area is 89.0 Å². The molecular weight excluding hydrogens is 187 g/mol. The maximum Gasteiger partial charge on any atom is -0.0181 e. The van der Waals surface area contributed by atoms with Gasteiger partial charge in [-0.05, 0) is 22.3 Å². The summed E-state index contributed by atoms with van der Waals surface area (Å²) in [5.74, 6) is 0.615. The molecule has 0 aromatic heterocycles. The highest BCUT2D eigenvalue weighted by Crippen LogP contribution is 2.20. The molecule has 0 spiro atoms. The van der Waals surface area contributed by atoms with Crippen molar-refractivity contribution >= 4 is 20.7 Å². The highest BCUT2D eigenvalue weighted by atomic mass is 31.0. The van der Waals surface area contributed by atoms with Gasteiger partial charge in [0.25, 0.3) is 0 Å². The summed E-state index contributed by atoms with van der Waals surface area (Å²) in [6.45, 7) is 4.45. The molecule has 0 saturated heterocycles. The van der Waals surface area contributed by atoms with Crippen molar-refractivity contribution in [1.29, 1.82) is 0 Å². The van der Waals surface area contributed by atoms with Crippen LogP contribution in [0.25, 0.3) is 10.8 Å². The lowest BCUT2D eigenvalue weighted by molar-refractivity contribution is 0.869. The fraction of sp³-hybridized carbons (Fsp3) is 0.231. The topological polar surface area (TPSA) is 0 Å². The standard InChI is InChI=1S/C13H14.H3P/c1-10(2)12-8-7-11-5-3-4-6-13(11)9-12;/h3-10H,1-2H3;1H3. The molecule has 1 atom stereocenters. The Morgan fingerprint density at radius 1 is 0.857 bits per heavy atom. The quantitative estimate of drug-likeness (QED) is 0.615. The van der Waals surface area contributed by atoms with Crippen molar-refractivity contribution in [1.82, 2.24) is 0 Å². The molecule has 1 unspecified atom stereocenters. The normalized spacial score (nSPS) is 10.2. The largest absolute Gasteiger partial charge is 0.153 e. The van der Waals surface area contributed by atoms with Crippen molar-refractivity contribution in [2.75, 3.05) is 0 Å². The summed E-state index contributed by atoms with van der Waals surface area (Å²) in [5, 5.41) is 2.67. The fourth-order valence-electron chi connectivity index (χ4n) is 1.57. The second-order valence-corrected chi connectivity index (χ2v) is 3.76. The highest BCUT2D eigenvalue weighted by molar-refractivity contribution is 6.92. The van der Waals surface area contributed by atoms with Gasteiger partial charge in [-0.15, -0.1) is 0 Å². The Hall–Kier alpha value is -0.870. The van der Waals surface area contributed by atoms with Crippen LogP contribution in [0.15, 0.2) is 42.5 Å². The molecule has 0 nitrogen and oxygen atoms in total. The molecule has 0 fully saturated rings. The van der Waals surface area contributed by atoms with E-state index in [9.17, 15) is 0 Å². The first-order valence-electron chi connectivity index (χ1n) is 4.76. The Balaban J connectivity index is 0.000000980. The van der Waals surface area contributed by atoms with E-state index in [1.165, 1.54) is 16.3 Å². The van der Waals surface area contributed by atoms with Crippen molar-refractivity contribution in [3.05, 3.63) is 48.0 Å². The van der Waals surface area contributed by atoms with E-state index in [-0.39, 0.29) is 9.90 Å². The second kappa shape index (κ2) is 4.57. The van der Waals surface area contributed by atoms with Gasteiger partial charge in [0.05, 0.1) is 0 Å². The third-order valence-electron chi connectivity index (χ3n) is 2.44. The second-order valence-electron chi connectivity index (χ2n) is 3.76. The molecule has 2 aromatic carbocycles. The zero-order chi connectivity index (χ0) is 9.26. The van der Waals surface area contributed by atoms with E-state index in [4.69, 9.17) is 0 Å². The molecule has 0 saturated carbocycles. The van der Waals surface area contributed by atoms with Gasteiger partial charge in [0.1, 0.15) is 0 Å². The van der Waals surface area contributed by atoms with Gasteiger partial charge in [-0.3, -0.25) is 0 Å². The molecular formula is C13H17P. The molecule has 0 aliphatic carbocycles. The van der Waals surface area contributed by atoms with Gasteiger partial charge in [0.15, 0.2) is 0 Å². The molecule has 14 heavy (non-hydrogen) atoms. The van der Waals surface area contributed by atoms with Crippen LogP contribution in [-0.4, -0.2) is 0 Å². The van der Waals surface area contributed by atoms with Crippen molar-refractivity contribution in [3.8, 4) is 0 Å². The van der Waals surface area contributed by atoms with Gasteiger partial charge in [-0.1, -0.05) is 56.3 Å². The third kappa shape index (κ3) is 2.13. The van der Waals surface area contributed by atoms with Gasteiger partial charge in [-0.2, -0.15) is 9.90 Å². The van der Waals surface area contributed by atoms with Gasteiger partial charge < -0.3 is 0 Å². The lowest BCUT2D eigenvalue weighted by atomic mass is 9.99. The van der Waals surface area contributed by atoms with Gasteiger partial charge in [0, 0.05) is 0 Å². The van der Waals surface area contributed by atoms with E-state index in [0.717, 1.165) is 0 Å². The highest BCUT2D eigenvalue weighted by Gasteiger charge is 1.99. The first kappa shape index (κ1) is 11.2. The van der Waals surface area contributed by atoms with Crippen LogP contribution in [0.1, 0.15) is 25.3 Å². The van der Waals surface area contributed by atoms with Gasteiger partial charge in [0.2, 0.25) is 0 Å². The van der Waals surface area contributed by atoms with E-state index >= 15 is 0 Å². The number of benzene rings is 2. The summed E-state index contributed by atoms with van der Waals surface area (Å²) in [7, 11) is 0. The molecule has 0 aliphatic rings. The van der Waals surface area contributed by atoms with Crippen molar-refractivity contribution in [3.63, 3.8) is 0 Å². The average Bonchev–Trinajstić information content (AvgIpc) is 2.17. The lowest BCUT2D eigenvalue weighted by Gasteiger charge is -2.06. The Morgan fingerprint density at radius 2 is 1.50 bits per heavy atom. The van der Waals surface area contributed by atoms with Crippen LogP contribution in [0, 0.1) is 0 Å². The zero-order valence-electron chi connectivity index (χ0n) is 8.83. The van der Waals surface area contributed by atoms with Crippen LogP contribution < -0.4 is 0 Å². The van der Waals surface area contributed by atoms with Crippen molar-refractivity contribution < 1.29 is 0 Å². The van der Waals surface area contributed by atoms with Crippen LogP contribution in [0.2, 0.25) is 0 Å². The van der Waals surface area contributed by atoms with E-state index in [1.807, 2.05) is 0 Å². The summed E-state index contributed by atoms with van der Waals surface area (Å²) < 4.78 is 0. The first-order valence-corrected chi connectivity index (χ1v) is 4.76. The van der Waals surface area contributed by atoms with Crippen LogP contribution in [0.5, 0.6) is 0 Å². The van der Waals surface area contributed by atoms with E-state index in [2.05, 4.69) is 56.3 Å². The zero-order valence-corrected chi connectivity index (χ0v) is 10.2. The monoisotopic (exact) mass is 204 g/mol. The molecule has 0 aliphatic heterocycles. The van der Waals surface area contributed by atoms with Crippen LogP contribution in [0.3, 0.4) is 0 Å². The molecule has 2 aromatic rings. The smallest absolute Gasteiger partial charge is 0.0181 e. The van der Waals surface area contributed by atoms with Crippen molar-refractivity contribution in [2.45, 2.75) is 19.8 Å². The predicted octanol–water partition coefficient (Wildman–Crippen LogP) is 4.02. The third-order valence-corrected chi connectivity index (χ3v) is 2.44. The van der Waals surface area contributed by atoms with E-state index < -0.39 is 0 Å². The molecule has 1 heteroatoms. The van der Waals surface area contributed by atoms with E-state index in [0.29, 0.717) is 5.92 Å². The number of fused-ring (bicyclic) bond motifs is 1. The summed E-state index contributed by atoms with van der Waals surface area (Å²) in [5.41, 5.74) is 1.42. The first-order chi connectivity index (χ1) is 6.27. The molecule has 0 radical (unpaired) electrons. The molecule has 74 valence electrons. The predicted molar refractivity (Wildman–Crippen MR) is 69.1 cm³/mol. The van der Waals surface area contributed by atoms with Crippen molar-refractivity contribution in [2.24, 2.45) is 0 Å². The summed E-state index contributed by atoms with van der Waals surface area (Å²) in [4.78, 5) is 0. The molecule has 0 N–H and O–H groups in total. The Bertz CT molecular complexity index is 418. The lowest BCUT2D eigenvalue weighted by Crippen LogP contribution is -1.85. The van der Waals surface area contributed by atoms with Crippen LogP contribution in [0.4, 0.5) is 0 Å². The molecule has 0 bridgehead atoms. The molecule has 2 rings (SSSR count). The van der Waals surface area contributed by atoms with E-state index in [1.54, 1.807) is 0 Å². The Morgan fingerprint density at radius 3 is 2.14 bits per heavy atom. The maximum atomic E-state index is 2.28. The van der Waals surface area contributed by atoms with Crippen LogP contribution >= 0.6 is 9.90 Å². The molecule has 0 heterocycles. The Kier molecular flexibility index (Phi) is 3.66. The average molecular weight is 204 g/mol. The number of rotatable bonds is 1. The summed E-state index contributed by atoms with van der Waals surface area (Å²) >= 11 is 0. The fourth-order valence-corrected chi connectivity index (χ4v) is 1.57. The number of hydrogen-bond acceptors (Lipinski definition) is 0. The molecule has 0 amide bonds. The minimum absolute atomic E-state index is 0. The minimum Gasteiger partial charge on any atom is -0.153 e. The summed E-state index contributed by atoms with van der Waals surface area (Å²) in [6, 6.07) is 15.2. The van der Waals surface area contributed by atoms with Gasteiger partial charge >= 0.3 is 0 Å².